The molecule has 1 atom stereocenters. The van der Waals surface area contributed by atoms with Crippen LogP contribution in [0.15, 0.2) is 29.8 Å². The first-order valence-electron chi connectivity index (χ1n) is 9.83. The van der Waals surface area contributed by atoms with E-state index in [0.29, 0.717) is 25.4 Å². The number of pyridine rings is 1. The summed E-state index contributed by atoms with van der Waals surface area (Å²) in [5.41, 5.74) is 2.24. The van der Waals surface area contributed by atoms with E-state index < -0.39 is 0 Å². The highest BCUT2D eigenvalue weighted by molar-refractivity contribution is 7.09. The molecule has 3 aromatic rings. The fourth-order valence-electron chi connectivity index (χ4n) is 3.86. The van der Waals surface area contributed by atoms with Crippen LogP contribution in [0.1, 0.15) is 27.3 Å². The average molecular weight is 414 g/mol. The van der Waals surface area contributed by atoms with Gasteiger partial charge in [0.05, 0.1) is 37.1 Å². The summed E-state index contributed by atoms with van der Waals surface area (Å²) in [6, 6.07) is 6.13. The summed E-state index contributed by atoms with van der Waals surface area (Å²) in [5.74, 6) is 1.06. The zero-order valence-corrected chi connectivity index (χ0v) is 17.1. The third kappa shape index (κ3) is 3.61. The minimum absolute atomic E-state index is 0.0413. The van der Waals surface area contributed by atoms with Crippen molar-refractivity contribution in [3.8, 4) is 0 Å². The van der Waals surface area contributed by atoms with Crippen molar-refractivity contribution in [2.75, 3.05) is 50.9 Å². The third-order valence-corrected chi connectivity index (χ3v) is 6.12. The van der Waals surface area contributed by atoms with Crippen molar-refractivity contribution in [3.05, 3.63) is 46.2 Å². The number of morpholine rings is 2. The summed E-state index contributed by atoms with van der Waals surface area (Å²) in [4.78, 5) is 26.0. The van der Waals surface area contributed by atoms with E-state index in [1.165, 1.54) is 11.3 Å². The van der Waals surface area contributed by atoms with Gasteiger partial charge in [-0.3, -0.25) is 9.20 Å². The second-order valence-electron chi connectivity index (χ2n) is 7.24. The number of fused-ring (bicyclic) bond motifs is 1. The molecule has 0 spiro atoms. The lowest BCUT2D eigenvalue weighted by atomic mass is 10.2. The molecule has 2 aliphatic heterocycles. The molecule has 0 aromatic carbocycles. The quantitative estimate of drug-likeness (QED) is 0.655. The molecule has 152 valence electrons. The molecular formula is C20H23N5O3S. The number of amides is 1. The number of anilines is 1. The maximum atomic E-state index is 12.8. The number of imidazole rings is 1. The smallest absolute Gasteiger partial charge is 0.273 e. The summed E-state index contributed by atoms with van der Waals surface area (Å²) in [6.07, 6.45) is 1.79. The number of carbonyl (C=O) groups excluding carboxylic acids is 1. The number of nitrogens with zero attached hydrogens (tertiary/aromatic N) is 5. The second-order valence-corrected chi connectivity index (χ2v) is 8.30. The Morgan fingerprint density at radius 1 is 1.17 bits per heavy atom. The SMILES string of the molecule is Cc1nc(C(=O)N2CCO[C@@H](c3cn4c(N5CCOCC5)cccc4n3)C2)cs1. The molecule has 0 unspecified atom stereocenters. The molecule has 9 heteroatoms. The number of hydrogen-bond donors (Lipinski definition) is 0. The minimum Gasteiger partial charge on any atom is -0.378 e. The second kappa shape index (κ2) is 7.74. The van der Waals surface area contributed by atoms with Gasteiger partial charge in [0.25, 0.3) is 5.91 Å². The van der Waals surface area contributed by atoms with Crippen LogP contribution in [-0.2, 0) is 9.47 Å². The van der Waals surface area contributed by atoms with Gasteiger partial charge in [0, 0.05) is 31.2 Å². The Labute approximate surface area is 172 Å². The van der Waals surface area contributed by atoms with Gasteiger partial charge in [0.2, 0.25) is 0 Å². The summed E-state index contributed by atoms with van der Waals surface area (Å²) in [6.45, 7) is 6.64. The molecule has 1 amide bonds. The highest BCUT2D eigenvalue weighted by Gasteiger charge is 2.29. The van der Waals surface area contributed by atoms with E-state index in [1.807, 2.05) is 35.5 Å². The van der Waals surface area contributed by atoms with Crippen molar-refractivity contribution in [3.63, 3.8) is 0 Å². The fraction of sp³-hybridized carbons (Fsp3) is 0.450. The average Bonchev–Trinajstić information content (AvgIpc) is 3.40. The molecule has 0 N–H and O–H groups in total. The maximum Gasteiger partial charge on any atom is 0.273 e. The van der Waals surface area contributed by atoms with Crippen molar-refractivity contribution in [2.45, 2.75) is 13.0 Å². The number of aryl methyl sites for hydroxylation is 1. The predicted octanol–water partition coefficient (Wildman–Crippen LogP) is 2.15. The standard InChI is InChI=1S/C20H23N5O3S/c1-14-21-16(13-29-14)20(26)24-7-10-28-17(12-24)15-11-25-18(22-15)3-2-4-19(25)23-5-8-27-9-6-23/h2-4,11,13,17H,5-10,12H2,1H3/t17-/m1/s1. The number of ether oxygens (including phenoxy) is 2. The van der Waals surface area contributed by atoms with Crippen LogP contribution in [0.3, 0.4) is 0 Å². The summed E-state index contributed by atoms with van der Waals surface area (Å²) in [5, 5.41) is 2.72. The van der Waals surface area contributed by atoms with Crippen LogP contribution in [0, 0.1) is 6.92 Å². The number of hydrogen-bond acceptors (Lipinski definition) is 7. The molecule has 3 aromatic heterocycles. The third-order valence-electron chi connectivity index (χ3n) is 5.35. The molecule has 0 saturated carbocycles. The normalized spacial score (nSPS) is 20.4. The molecule has 0 aliphatic carbocycles. The van der Waals surface area contributed by atoms with E-state index in [1.54, 1.807) is 0 Å². The zero-order chi connectivity index (χ0) is 19.8. The van der Waals surface area contributed by atoms with Crippen LogP contribution in [0.25, 0.3) is 5.65 Å². The van der Waals surface area contributed by atoms with Crippen LogP contribution in [0.5, 0.6) is 0 Å². The van der Waals surface area contributed by atoms with E-state index in [-0.39, 0.29) is 12.0 Å². The Balaban J connectivity index is 1.39. The van der Waals surface area contributed by atoms with Crippen LogP contribution >= 0.6 is 11.3 Å². The van der Waals surface area contributed by atoms with Crippen LogP contribution in [-0.4, -0.2) is 71.2 Å². The topological polar surface area (TPSA) is 72.2 Å². The van der Waals surface area contributed by atoms with Crippen molar-refractivity contribution in [2.24, 2.45) is 0 Å². The van der Waals surface area contributed by atoms with E-state index in [4.69, 9.17) is 14.5 Å². The summed E-state index contributed by atoms with van der Waals surface area (Å²) >= 11 is 1.49. The molecule has 2 saturated heterocycles. The number of carbonyl (C=O) groups is 1. The van der Waals surface area contributed by atoms with Crippen molar-refractivity contribution < 1.29 is 14.3 Å². The molecule has 2 aliphatic rings. The minimum atomic E-state index is -0.245. The number of thiazole rings is 1. The van der Waals surface area contributed by atoms with Crippen LogP contribution in [0.2, 0.25) is 0 Å². The molecular weight excluding hydrogens is 390 g/mol. The number of rotatable bonds is 3. The van der Waals surface area contributed by atoms with Crippen molar-refractivity contribution >= 4 is 28.7 Å². The largest absolute Gasteiger partial charge is 0.378 e. The number of aromatic nitrogens is 3. The van der Waals surface area contributed by atoms with Gasteiger partial charge in [0.1, 0.15) is 23.3 Å². The van der Waals surface area contributed by atoms with Gasteiger partial charge in [-0.2, -0.15) is 0 Å². The van der Waals surface area contributed by atoms with Gasteiger partial charge < -0.3 is 19.3 Å². The lowest BCUT2D eigenvalue weighted by Gasteiger charge is -2.31. The fourth-order valence-corrected chi connectivity index (χ4v) is 4.44. The molecule has 29 heavy (non-hydrogen) atoms. The monoisotopic (exact) mass is 413 g/mol. The van der Waals surface area contributed by atoms with Gasteiger partial charge in [-0.25, -0.2) is 9.97 Å². The molecule has 8 nitrogen and oxygen atoms in total. The lowest BCUT2D eigenvalue weighted by molar-refractivity contribution is -0.0246. The summed E-state index contributed by atoms with van der Waals surface area (Å²) < 4.78 is 13.6. The predicted molar refractivity (Wildman–Crippen MR) is 110 cm³/mol. The van der Waals surface area contributed by atoms with Gasteiger partial charge in [-0.15, -0.1) is 11.3 Å². The van der Waals surface area contributed by atoms with E-state index >= 15 is 0 Å². The molecule has 2 fully saturated rings. The molecule has 0 radical (unpaired) electrons. The highest BCUT2D eigenvalue weighted by Crippen LogP contribution is 2.26. The van der Waals surface area contributed by atoms with Crippen LogP contribution < -0.4 is 4.90 Å². The van der Waals surface area contributed by atoms with E-state index in [9.17, 15) is 4.79 Å². The molecule has 5 rings (SSSR count). The van der Waals surface area contributed by atoms with Crippen molar-refractivity contribution in [1.29, 1.82) is 0 Å². The highest BCUT2D eigenvalue weighted by atomic mass is 32.1. The zero-order valence-electron chi connectivity index (χ0n) is 16.3. The van der Waals surface area contributed by atoms with Gasteiger partial charge in [-0.05, 0) is 19.1 Å². The maximum absolute atomic E-state index is 12.8. The first-order chi connectivity index (χ1) is 14.2. The Kier molecular flexibility index (Phi) is 4.94. The molecule has 5 heterocycles. The van der Waals surface area contributed by atoms with Gasteiger partial charge in [-0.1, -0.05) is 6.07 Å². The first-order valence-corrected chi connectivity index (χ1v) is 10.7. The Bertz CT molecular complexity index is 1030. The Morgan fingerprint density at radius 2 is 2.03 bits per heavy atom. The van der Waals surface area contributed by atoms with Crippen molar-refractivity contribution in [1.82, 2.24) is 19.3 Å². The Hall–Kier alpha value is -2.49. The first kappa shape index (κ1) is 18.5. The molecule has 0 bridgehead atoms. The lowest BCUT2D eigenvalue weighted by Crippen LogP contribution is -2.42. The Morgan fingerprint density at radius 3 is 2.83 bits per heavy atom. The van der Waals surface area contributed by atoms with Crippen LogP contribution in [0.4, 0.5) is 5.82 Å². The van der Waals surface area contributed by atoms with Gasteiger partial charge >= 0.3 is 0 Å². The van der Waals surface area contributed by atoms with Gasteiger partial charge in [0.15, 0.2) is 0 Å². The van der Waals surface area contributed by atoms with E-state index in [0.717, 1.165) is 48.5 Å². The summed E-state index contributed by atoms with van der Waals surface area (Å²) in [7, 11) is 0. The van der Waals surface area contributed by atoms with E-state index in [2.05, 4.69) is 20.4 Å².